The summed E-state index contributed by atoms with van der Waals surface area (Å²) in [5, 5.41) is 0. The van der Waals surface area contributed by atoms with Crippen molar-refractivity contribution in [2.75, 3.05) is 18.5 Å². The number of rotatable bonds is 5. The molecule has 2 aromatic carbocycles. The van der Waals surface area contributed by atoms with Crippen LogP contribution >= 0.6 is 0 Å². The summed E-state index contributed by atoms with van der Waals surface area (Å²) in [6.07, 6.45) is 9.73. The van der Waals surface area contributed by atoms with Crippen molar-refractivity contribution in [2.24, 2.45) is 16.6 Å². The Morgan fingerprint density at radius 3 is 2.42 bits per heavy atom. The normalized spacial score (nSPS) is 16.5. The SMILES string of the molecule is CN1C(=O)CN=C(c2ccccc2)c2ccccc21.NC(=O)CCCC1CCCCC1. The van der Waals surface area contributed by atoms with Gasteiger partial charge in [0.05, 0.1) is 11.4 Å². The monoisotopic (exact) mass is 419 g/mol. The first-order chi connectivity index (χ1) is 15.1. The number of benzodiazepines with no additional fused rings is 1. The molecule has 0 atom stereocenters. The maximum absolute atomic E-state index is 12.0. The average Bonchev–Trinajstić information content (AvgIpc) is 2.92. The van der Waals surface area contributed by atoms with Crippen molar-refractivity contribution in [3.05, 3.63) is 65.7 Å². The number of anilines is 1. The van der Waals surface area contributed by atoms with E-state index >= 15 is 0 Å². The molecular weight excluding hydrogens is 386 g/mol. The van der Waals surface area contributed by atoms with Gasteiger partial charge in [0, 0.05) is 24.6 Å². The summed E-state index contributed by atoms with van der Waals surface area (Å²) in [6, 6.07) is 17.9. The van der Waals surface area contributed by atoms with Crippen LogP contribution in [0.25, 0.3) is 0 Å². The average molecular weight is 420 g/mol. The van der Waals surface area contributed by atoms with Gasteiger partial charge in [0.2, 0.25) is 11.8 Å². The first-order valence-electron chi connectivity index (χ1n) is 11.3. The largest absolute Gasteiger partial charge is 0.370 e. The van der Waals surface area contributed by atoms with E-state index < -0.39 is 0 Å². The molecule has 164 valence electrons. The van der Waals surface area contributed by atoms with Crippen molar-refractivity contribution in [1.82, 2.24) is 0 Å². The van der Waals surface area contributed by atoms with Gasteiger partial charge in [-0.25, -0.2) is 0 Å². The Balaban J connectivity index is 0.000000196. The van der Waals surface area contributed by atoms with Gasteiger partial charge in [0.15, 0.2) is 0 Å². The number of hydrogen-bond acceptors (Lipinski definition) is 3. The van der Waals surface area contributed by atoms with E-state index in [0.29, 0.717) is 6.42 Å². The van der Waals surface area contributed by atoms with Crippen molar-refractivity contribution in [1.29, 1.82) is 0 Å². The highest BCUT2D eigenvalue weighted by atomic mass is 16.2. The first kappa shape index (κ1) is 22.7. The maximum atomic E-state index is 12.0. The number of carbonyl (C=O) groups excluding carboxylic acids is 2. The van der Waals surface area contributed by atoms with Crippen LogP contribution in [0.15, 0.2) is 59.6 Å². The van der Waals surface area contributed by atoms with Gasteiger partial charge in [-0.15, -0.1) is 0 Å². The molecule has 0 aromatic heterocycles. The molecule has 5 nitrogen and oxygen atoms in total. The number of para-hydroxylation sites is 1. The third-order valence-corrected chi connectivity index (χ3v) is 6.07. The van der Waals surface area contributed by atoms with Crippen LogP contribution in [-0.4, -0.2) is 31.1 Å². The van der Waals surface area contributed by atoms with Crippen LogP contribution in [0.5, 0.6) is 0 Å². The molecule has 0 spiro atoms. The predicted octanol–water partition coefficient (Wildman–Crippen LogP) is 4.72. The van der Waals surface area contributed by atoms with Gasteiger partial charge in [-0.05, 0) is 24.8 Å². The molecule has 1 fully saturated rings. The molecule has 1 saturated carbocycles. The Bertz CT molecular complexity index is 902. The fraction of sp³-hybridized carbons (Fsp3) is 0.423. The molecule has 1 aliphatic heterocycles. The smallest absolute Gasteiger partial charge is 0.248 e. The summed E-state index contributed by atoms with van der Waals surface area (Å²) < 4.78 is 0. The number of benzene rings is 2. The lowest BCUT2D eigenvalue weighted by Crippen LogP contribution is -2.27. The van der Waals surface area contributed by atoms with Gasteiger partial charge in [-0.2, -0.15) is 0 Å². The lowest BCUT2D eigenvalue weighted by molar-refractivity contribution is -0.118. The van der Waals surface area contributed by atoms with Gasteiger partial charge in [0.25, 0.3) is 0 Å². The molecule has 2 aliphatic rings. The number of nitrogens with zero attached hydrogens (tertiary/aromatic N) is 2. The number of amides is 2. The second kappa shape index (κ2) is 11.4. The van der Waals surface area contributed by atoms with E-state index in [4.69, 9.17) is 5.73 Å². The lowest BCUT2D eigenvalue weighted by Gasteiger charge is -2.20. The Kier molecular flexibility index (Phi) is 8.39. The molecule has 0 saturated heterocycles. The van der Waals surface area contributed by atoms with Gasteiger partial charge in [0.1, 0.15) is 6.54 Å². The summed E-state index contributed by atoms with van der Waals surface area (Å²) >= 11 is 0. The number of hydrogen-bond donors (Lipinski definition) is 1. The van der Waals surface area contributed by atoms with Crippen molar-refractivity contribution >= 4 is 23.2 Å². The third-order valence-electron chi connectivity index (χ3n) is 6.07. The molecule has 31 heavy (non-hydrogen) atoms. The molecule has 2 aromatic rings. The molecule has 1 aliphatic carbocycles. The molecule has 5 heteroatoms. The summed E-state index contributed by atoms with van der Waals surface area (Å²) in [5.74, 6) is 0.752. The lowest BCUT2D eigenvalue weighted by atomic mass is 9.86. The highest BCUT2D eigenvalue weighted by Gasteiger charge is 2.21. The molecule has 2 amide bonds. The fourth-order valence-corrected chi connectivity index (χ4v) is 4.32. The molecule has 0 radical (unpaired) electrons. The van der Waals surface area contributed by atoms with Crippen LogP contribution in [0.2, 0.25) is 0 Å². The second-order valence-corrected chi connectivity index (χ2v) is 8.36. The molecule has 2 N–H and O–H groups in total. The van der Waals surface area contributed by atoms with Crippen LogP contribution in [0.4, 0.5) is 5.69 Å². The van der Waals surface area contributed by atoms with E-state index in [1.54, 1.807) is 11.9 Å². The number of likely N-dealkylation sites (N-methyl/N-ethyl adjacent to an activating group) is 1. The molecule has 1 heterocycles. The van der Waals surface area contributed by atoms with Crippen LogP contribution in [0, 0.1) is 5.92 Å². The van der Waals surface area contributed by atoms with E-state index in [9.17, 15) is 9.59 Å². The molecule has 0 bridgehead atoms. The van der Waals surface area contributed by atoms with Gasteiger partial charge in [-0.3, -0.25) is 14.6 Å². The summed E-state index contributed by atoms with van der Waals surface area (Å²) in [4.78, 5) is 28.6. The Morgan fingerprint density at radius 1 is 1.03 bits per heavy atom. The Labute approximate surface area is 185 Å². The van der Waals surface area contributed by atoms with Gasteiger partial charge < -0.3 is 10.6 Å². The van der Waals surface area contributed by atoms with Crippen molar-refractivity contribution < 1.29 is 9.59 Å². The van der Waals surface area contributed by atoms with Crippen LogP contribution < -0.4 is 10.6 Å². The van der Waals surface area contributed by atoms with Crippen LogP contribution in [-0.2, 0) is 9.59 Å². The zero-order chi connectivity index (χ0) is 22.1. The van der Waals surface area contributed by atoms with E-state index in [1.165, 1.54) is 38.5 Å². The Morgan fingerprint density at radius 2 is 1.71 bits per heavy atom. The minimum Gasteiger partial charge on any atom is -0.370 e. The molecular formula is C26H33N3O2. The summed E-state index contributed by atoms with van der Waals surface area (Å²) in [5.41, 5.74) is 8.90. The summed E-state index contributed by atoms with van der Waals surface area (Å²) in [7, 11) is 1.80. The fourth-order valence-electron chi connectivity index (χ4n) is 4.32. The van der Waals surface area contributed by atoms with Crippen LogP contribution in [0.3, 0.4) is 0 Å². The number of fused-ring (bicyclic) bond motifs is 1. The van der Waals surface area contributed by atoms with Crippen LogP contribution in [0.1, 0.15) is 62.5 Å². The highest BCUT2D eigenvalue weighted by Crippen LogP contribution is 2.27. The number of nitrogens with two attached hydrogens (primary N) is 1. The zero-order valence-corrected chi connectivity index (χ0v) is 18.4. The topological polar surface area (TPSA) is 75.8 Å². The molecule has 0 unspecified atom stereocenters. The van der Waals surface area contributed by atoms with E-state index in [2.05, 4.69) is 4.99 Å². The minimum atomic E-state index is -0.147. The highest BCUT2D eigenvalue weighted by molar-refractivity contribution is 6.19. The van der Waals surface area contributed by atoms with E-state index in [1.807, 2.05) is 54.6 Å². The maximum Gasteiger partial charge on any atom is 0.248 e. The first-order valence-corrected chi connectivity index (χ1v) is 11.3. The molecule has 4 rings (SSSR count). The predicted molar refractivity (Wildman–Crippen MR) is 126 cm³/mol. The van der Waals surface area contributed by atoms with E-state index in [0.717, 1.165) is 34.9 Å². The summed E-state index contributed by atoms with van der Waals surface area (Å²) in [6.45, 7) is 0.190. The van der Waals surface area contributed by atoms with Gasteiger partial charge in [-0.1, -0.05) is 80.6 Å². The second-order valence-electron chi connectivity index (χ2n) is 8.36. The number of primary amides is 1. The van der Waals surface area contributed by atoms with Crippen molar-refractivity contribution in [3.63, 3.8) is 0 Å². The number of carbonyl (C=O) groups is 2. The van der Waals surface area contributed by atoms with E-state index in [-0.39, 0.29) is 18.4 Å². The minimum absolute atomic E-state index is 0.0124. The third kappa shape index (κ3) is 6.51. The zero-order valence-electron chi connectivity index (χ0n) is 18.4. The van der Waals surface area contributed by atoms with Crippen molar-refractivity contribution in [3.8, 4) is 0 Å². The van der Waals surface area contributed by atoms with Crippen molar-refractivity contribution in [2.45, 2.75) is 51.4 Å². The quantitative estimate of drug-likeness (QED) is 0.761. The standard InChI is InChI=1S/C16H14N2O.C10H19NO/c1-18-14-10-6-5-9-13(14)16(17-11-15(18)19)12-7-3-2-4-8-12;11-10(12)8-4-7-9-5-2-1-3-6-9/h2-10H,11H2,1H3;9H,1-8H2,(H2,11,12). The van der Waals surface area contributed by atoms with Gasteiger partial charge >= 0.3 is 0 Å². The number of aliphatic imine (C=N–C) groups is 1. The Hall–Kier alpha value is -2.95.